The fourth-order valence-electron chi connectivity index (χ4n) is 3.17. The summed E-state index contributed by atoms with van der Waals surface area (Å²) < 4.78 is 29.2. The van der Waals surface area contributed by atoms with Crippen LogP contribution in [0, 0.1) is 0 Å². The SMILES string of the molecule is COc1ccc(CN(c2ncnc3ccc(S(C)(=O)=O)cc23)C2CC2)cc1. The fraction of sp³-hybridized carbons (Fsp3) is 0.300. The molecule has 0 N–H and O–H groups in total. The molecule has 1 fully saturated rings. The van der Waals surface area contributed by atoms with E-state index < -0.39 is 9.84 Å². The fourth-order valence-corrected chi connectivity index (χ4v) is 3.82. The molecule has 1 heterocycles. The minimum Gasteiger partial charge on any atom is -0.497 e. The largest absolute Gasteiger partial charge is 0.497 e. The van der Waals surface area contributed by atoms with E-state index in [4.69, 9.17) is 4.74 Å². The number of anilines is 1. The lowest BCUT2D eigenvalue weighted by molar-refractivity contribution is 0.414. The smallest absolute Gasteiger partial charge is 0.175 e. The molecule has 7 heteroatoms. The standard InChI is InChI=1S/C20H21N3O3S/c1-26-16-7-3-14(4-8-16)12-23(15-5-6-15)20-18-11-17(27(2,24)25)9-10-19(18)21-13-22-20/h3-4,7-11,13,15H,5-6,12H2,1-2H3. The van der Waals surface area contributed by atoms with Crippen LogP contribution < -0.4 is 9.64 Å². The molecule has 27 heavy (non-hydrogen) atoms. The van der Waals surface area contributed by atoms with Crippen molar-refractivity contribution in [2.24, 2.45) is 0 Å². The van der Waals surface area contributed by atoms with Gasteiger partial charge in [0.25, 0.3) is 0 Å². The number of fused-ring (bicyclic) bond motifs is 1. The number of ether oxygens (including phenoxy) is 1. The lowest BCUT2D eigenvalue weighted by Gasteiger charge is -2.25. The Hall–Kier alpha value is -2.67. The highest BCUT2D eigenvalue weighted by Crippen LogP contribution is 2.36. The van der Waals surface area contributed by atoms with Crippen LogP contribution in [-0.2, 0) is 16.4 Å². The maximum absolute atomic E-state index is 12.0. The number of methoxy groups -OCH3 is 1. The summed E-state index contributed by atoms with van der Waals surface area (Å²) in [4.78, 5) is 11.4. The number of hydrogen-bond donors (Lipinski definition) is 0. The summed E-state index contributed by atoms with van der Waals surface area (Å²) in [5.41, 5.74) is 1.89. The third-order valence-corrected chi connectivity index (χ3v) is 5.90. The van der Waals surface area contributed by atoms with Crippen LogP contribution in [0.25, 0.3) is 10.9 Å². The molecule has 0 spiro atoms. The first-order valence-corrected chi connectivity index (χ1v) is 10.7. The van der Waals surface area contributed by atoms with E-state index in [1.807, 2.05) is 24.3 Å². The lowest BCUT2D eigenvalue weighted by Crippen LogP contribution is -2.26. The number of nitrogens with zero attached hydrogens (tertiary/aromatic N) is 3. The summed E-state index contributed by atoms with van der Waals surface area (Å²) in [5, 5.41) is 0.765. The molecule has 2 aromatic carbocycles. The zero-order chi connectivity index (χ0) is 19.0. The second-order valence-corrected chi connectivity index (χ2v) is 8.87. The van der Waals surface area contributed by atoms with Crippen LogP contribution in [0.5, 0.6) is 5.75 Å². The summed E-state index contributed by atoms with van der Waals surface area (Å²) >= 11 is 0. The molecule has 0 unspecified atom stereocenters. The van der Waals surface area contributed by atoms with Gasteiger partial charge in [-0.3, -0.25) is 0 Å². The van der Waals surface area contributed by atoms with Crippen molar-refractivity contribution < 1.29 is 13.2 Å². The quantitative estimate of drug-likeness (QED) is 0.651. The van der Waals surface area contributed by atoms with Crippen LogP contribution in [0.15, 0.2) is 53.7 Å². The molecular weight excluding hydrogens is 362 g/mol. The minimum absolute atomic E-state index is 0.284. The van der Waals surface area contributed by atoms with Crippen LogP contribution in [0.2, 0.25) is 0 Å². The zero-order valence-corrected chi connectivity index (χ0v) is 16.1. The molecule has 1 aromatic heterocycles. The van der Waals surface area contributed by atoms with Gasteiger partial charge in [-0.1, -0.05) is 12.1 Å². The van der Waals surface area contributed by atoms with Gasteiger partial charge in [-0.05, 0) is 48.7 Å². The van der Waals surface area contributed by atoms with E-state index in [0.29, 0.717) is 12.6 Å². The first kappa shape index (κ1) is 17.7. The molecule has 0 amide bonds. The van der Waals surface area contributed by atoms with Crippen molar-refractivity contribution in [3.8, 4) is 5.75 Å². The third-order valence-electron chi connectivity index (χ3n) is 4.79. The maximum atomic E-state index is 12.0. The Labute approximate surface area is 158 Å². The molecule has 1 aliphatic rings. The van der Waals surface area contributed by atoms with Crippen molar-refractivity contribution in [2.75, 3.05) is 18.3 Å². The molecule has 0 saturated heterocycles. The van der Waals surface area contributed by atoms with Gasteiger partial charge >= 0.3 is 0 Å². The normalized spacial score (nSPS) is 14.3. The van der Waals surface area contributed by atoms with Crippen molar-refractivity contribution in [1.82, 2.24) is 9.97 Å². The molecule has 1 aliphatic carbocycles. The second kappa shape index (κ2) is 6.81. The number of rotatable bonds is 6. The predicted molar refractivity (Wildman–Crippen MR) is 105 cm³/mol. The molecule has 6 nitrogen and oxygen atoms in total. The van der Waals surface area contributed by atoms with Gasteiger partial charge in [0.15, 0.2) is 9.84 Å². The molecule has 1 saturated carbocycles. The van der Waals surface area contributed by atoms with Gasteiger partial charge in [0.1, 0.15) is 17.9 Å². The van der Waals surface area contributed by atoms with E-state index in [1.165, 1.54) is 6.26 Å². The van der Waals surface area contributed by atoms with Crippen LogP contribution >= 0.6 is 0 Å². The van der Waals surface area contributed by atoms with Crippen LogP contribution in [0.4, 0.5) is 5.82 Å². The molecule has 4 rings (SSSR count). The molecule has 0 atom stereocenters. The second-order valence-electron chi connectivity index (χ2n) is 6.86. The lowest BCUT2D eigenvalue weighted by atomic mass is 10.1. The van der Waals surface area contributed by atoms with E-state index in [9.17, 15) is 8.42 Å². The van der Waals surface area contributed by atoms with E-state index in [1.54, 1.807) is 31.6 Å². The van der Waals surface area contributed by atoms with Gasteiger partial charge in [-0.25, -0.2) is 18.4 Å². The number of benzene rings is 2. The predicted octanol–water partition coefficient (Wildman–Crippen LogP) is 3.21. The molecule has 0 bridgehead atoms. The van der Waals surface area contributed by atoms with Gasteiger partial charge in [0, 0.05) is 24.2 Å². The highest BCUT2D eigenvalue weighted by atomic mass is 32.2. The Morgan fingerprint density at radius 1 is 1.11 bits per heavy atom. The summed E-state index contributed by atoms with van der Waals surface area (Å²) in [6.45, 7) is 0.698. The van der Waals surface area contributed by atoms with Gasteiger partial charge in [-0.2, -0.15) is 0 Å². The van der Waals surface area contributed by atoms with Crippen molar-refractivity contribution in [1.29, 1.82) is 0 Å². The molecular formula is C20H21N3O3S. The Kier molecular flexibility index (Phi) is 4.47. The maximum Gasteiger partial charge on any atom is 0.175 e. The molecule has 0 radical (unpaired) electrons. The Morgan fingerprint density at radius 3 is 2.48 bits per heavy atom. The first-order chi connectivity index (χ1) is 13.0. The van der Waals surface area contributed by atoms with Crippen LogP contribution in [0.3, 0.4) is 0 Å². The minimum atomic E-state index is -3.30. The van der Waals surface area contributed by atoms with E-state index in [-0.39, 0.29) is 4.90 Å². The summed E-state index contributed by atoms with van der Waals surface area (Å²) in [7, 11) is -1.65. The number of hydrogen-bond acceptors (Lipinski definition) is 6. The van der Waals surface area contributed by atoms with Gasteiger partial charge in [-0.15, -0.1) is 0 Å². The van der Waals surface area contributed by atoms with E-state index in [0.717, 1.165) is 40.9 Å². The third kappa shape index (κ3) is 3.73. The van der Waals surface area contributed by atoms with Gasteiger partial charge < -0.3 is 9.64 Å². The Balaban J connectivity index is 1.76. The highest BCUT2D eigenvalue weighted by Gasteiger charge is 2.31. The van der Waals surface area contributed by atoms with E-state index >= 15 is 0 Å². The van der Waals surface area contributed by atoms with Gasteiger partial charge in [0.05, 0.1) is 17.5 Å². The van der Waals surface area contributed by atoms with Crippen LogP contribution in [0.1, 0.15) is 18.4 Å². The van der Waals surface area contributed by atoms with Crippen molar-refractivity contribution in [2.45, 2.75) is 30.3 Å². The van der Waals surface area contributed by atoms with Crippen molar-refractivity contribution in [3.63, 3.8) is 0 Å². The number of sulfone groups is 1. The van der Waals surface area contributed by atoms with Gasteiger partial charge in [0.2, 0.25) is 0 Å². The molecule has 140 valence electrons. The van der Waals surface area contributed by atoms with Crippen molar-refractivity contribution >= 4 is 26.6 Å². The monoisotopic (exact) mass is 383 g/mol. The average molecular weight is 383 g/mol. The highest BCUT2D eigenvalue weighted by molar-refractivity contribution is 7.90. The summed E-state index contributed by atoms with van der Waals surface area (Å²) in [6.07, 6.45) is 4.97. The summed E-state index contributed by atoms with van der Waals surface area (Å²) in [6, 6.07) is 13.4. The molecule has 0 aliphatic heterocycles. The topological polar surface area (TPSA) is 72.4 Å². The summed E-state index contributed by atoms with van der Waals surface area (Å²) in [5.74, 6) is 1.60. The van der Waals surface area contributed by atoms with Crippen LogP contribution in [-0.4, -0.2) is 37.8 Å². The Morgan fingerprint density at radius 2 is 1.85 bits per heavy atom. The molecule has 3 aromatic rings. The number of aromatic nitrogens is 2. The zero-order valence-electron chi connectivity index (χ0n) is 15.3. The van der Waals surface area contributed by atoms with Crippen molar-refractivity contribution in [3.05, 3.63) is 54.4 Å². The van der Waals surface area contributed by atoms with E-state index in [2.05, 4.69) is 14.9 Å². The Bertz CT molecular complexity index is 1080. The first-order valence-electron chi connectivity index (χ1n) is 8.80. The average Bonchev–Trinajstić information content (AvgIpc) is 3.50.